The van der Waals surface area contributed by atoms with Crippen LogP contribution >= 0.6 is 0 Å². The maximum atomic E-state index is 13.4. The number of carbonyl (C=O) groups excluding carboxylic acids is 2. The summed E-state index contributed by atoms with van der Waals surface area (Å²) in [7, 11) is 0. The van der Waals surface area contributed by atoms with Gasteiger partial charge in [0.15, 0.2) is 0 Å². The number of fused-ring (bicyclic) bond motifs is 2. The third-order valence-corrected chi connectivity index (χ3v) is 5.35. The molecule has 4 rings (SSSR count). The van der Waals surface area contributed by atoms with Crippen molar-refractivity contribution in [2.75, 3.05) is 19.7 Å². The number of piperidine rings is 1. The summed E-state index contributed by atoms with van der Waals surface area (Å²) in [5.74, 6) is 0.910. The van der Waals surface area contributed by atoms with E-state index in [-0.39, 0.29) is 23.7 Å². The van der Waals surface area contributed by atoms with E-state index in [0.717, 1.165) is 22.6 Å². The summed E-state index contributed by atoms with van der Waals surface area (Å²) in [5, 5.41) is 0. The molecule has 140 valence electrons. The van der Waals surface area contributed by atoms with Gasteiger partial charge in [-0.1, -0.05) is 36.4 Å². The average Bonchev–Trinajstić information content (AvgIpc) is 2.72. The first-order chi connectivity index (χ1) is 13.2. The van der Waals surface area contributed by atoms with Crippen molar-refractivity contribution in [3.8, 4) is 11.5 Å². The number of nitrogens with zero attached hydrogens (tertiary/aromatic N) is 1. The summed E-state index contributed by atoms with van der Waals surface area (Å²) in [4.78, 5) is 27.3. The topological polar surface area (TPSA) is 55.8 Å². The summed E-state index contributed by atoms with van der Waals surface area (Å²) in [6.07, 6.45) is 1.30. The van der Waals surface area contributed by atoms with E-state index in [1.807, 2.05) is 60.4 Å². The van der Waals surface area contributed by atoms with Crippen molar-refractivity contribution < 1.29 is 19.1 Å². The van der Waals surface area contributed by atoms with Gasteiger partial charge in [-0.2, -0.15) is 0 Å². The van der Waals surface area contributed by atoms with Crippen LogP contribution in [0.25, 0.3) is 0 Å². The fourth-order valence-electron chi connectivity index (χ4n) is 3.95. The lowest BCUT2D eigenvalue weighted by Gasteiger charge is -2.35. The van der Waals surface area contributed by atoms with Crippen molar-refractivity contribution in [3.05, 3.63) is 59.7 Å². The largest absolute Gasteiger partial charge is 0.466 e. The minimum absolute atomic E-state index is 0.0699. The molecule has 2 aromatic carbocycles. The number of amides is 1. The maximum Gasteiger partial charge on any atom is 0.309 e. The van der Waals surface area contributed by atoms with Crippen molar-refractivity contribution in [1.29, 1.82) is 0 Å². The SMILES string of the molecule is CCOC(=O)C1CCN(C(=O)C2c3ccccc3Oc3ccccc32)CC1. The van der Waals surface area contributed by atoms with Gasteiger partial charge in [-0.3, -0.25) is 9.59 Å². The first-order valence-corrected chi connectivity index (χ1v) is 9.50. The van der Waals surface area contributed by atoms with Crippen LogP contribution in [0.5, 0.6) is 11.5 Å². The molecule has 0 saturated carbocycles. The summed E-state index contributed by atoms with van der Waals surface area (Å²) >= 11 is 0. The zero-order valence-electron chi connectivity index (χ0n) is 15.4. The Labute approximate surface area is 158 Å². The van der Waals surface area contributed by atoms with Crippen LogP contribution in [0.4, 0.5) is 0 Å². The van der Waals surface area contributed by atoms with Crippen LogP contribution in [-0.2, 0) is 14.3 Å². The third kappa shape index (κ3) is 3.29. The second-order valence-corrected chi connectivity index (χ2v) is 6.96. The molecule has 5 nitrogen and oxygen atoms in total. The molecule has 0 atom stereocenters. The summed E-state index contributed by atoms with van der Waals surface area (Å²) in [6.45, 7) is 3.36. The van der Waals surface area contributed by atoms with E-state index in [9.17, 15) is 9.59 Å². The second kappa shape index (κ2) is 7.43. The van der Waals surface area contributed by atoms with Crippen LogP contribution in [0.3, 0.4) is 0 Å². The van der Waals surface area contributed by atoms with Crippen LogP contribution in [-0.4, -0.2) is 36.5 Å². The molecule has 1 amide bonds. The Hall–Kier alpha value is -2.82. The number of hydrogen-bond acceptors (Lipinski definition) is 4. The highest BCUT2D eigenvalue weighted by molar-refractivity contribution is 5.90. The van der Waals surface area contributed by atoms with E-state index in [1.54, 1.807) is 0 Å². The van der Waals surface area contributed by atoms with Crippen molar-refractivity contribution in [1.82, 2.24) is 4.90 Å². The fraction of sp³-hybridized carbons (Fsp3) is 0.364. The molecule has 0 N–H and O–H groups in total. The molecule has 2 aliphatic rings. The molecule has 1 saturated heterocycles. The van der Waals surface area contributed by atoms with Crippen LogP contribution < -0.4 is 4.74 Å². The van der Waals surface area contributed by atoms with E-state index >= 15 is 0 Å². The quantitative estimate of drug-likeness (QED) is 0.778. The second-order valence-electron chi connectivity index (χ2n) is 6.96. The summed E-state index contributed by atoms with van der Waals surface area (Å²) in [6, 6.07) is 15.4. The van der Waals surface area contributed by atoms with Crippen molar-refractivity contribution in [2.24, 2.45) is 5.92 Å². The zero-order chi connectivity index (χ0) is 18.8. The van der Waals surface area contributed by atoms with E-state index < -0.39 is 0 Å². The van der Waals surface area contributed by atoms with Gasteiger partial charge in [-0.25, -0.2) is 0 Å². The van der Waals surface area contributed by atoms with Gasteiger partial charge in [0.05, 0.1) is 18.4 Å². The van der Waals surface area contributed by atoms with Crippen molar-refractivity contribution >= 4 is 11.9 Å². The van der Waals surface area contributed by atoms with Crippen molar-refractivity contribution in [2.45, 2.75) is 25.7 Å². The molecule has 0 unspecified atom stereocenters. The van der Waals surface area contributed by atoms with Gasteiger partial charge in [0.2, 0.25) is 5.91 Å². The number of para-hydroxylation sites is 2. The number of carbonyl (C=O) groups is 2. The van der Waals surface area contributed by atoms with E-state index in [2.05, 4.69) is 0 Å². The molecule has 0 bridgehead atoms. The van der Waals surface area contributed by atoms with Crippen LogP contribution in [0.1, 0.15) is 36.8 Å². The first kappa shape index (κ1) is 17.6. The van der Waals surface area contributed by atoms with Gasteiger partial charge < -0.3 is 14.4 Å². The molecule has 2 aliphatic heterocycles. The smallest absolute Gasteiger partial charge is 0.309 e. The van der Waals surface area contributed by atoms with Gasteiger partial charge in [0.1, 0.15) is 11.5 Å². The predicted octanol–water partition coefficient (Wildman–Crippen LogP) is 3.73. The molecule has 2 heterocycles. The molecule has 5 heteroatoms. The average molecular weight is 365 g/mol. The Morgan fingerprint density at radius 3 is 2.11 bits per heavy atom. The van der Waals surface area contributed by atoms with Gasteiger partial charge in [-0.05, 0) is 31.9 Å². The Bertz CT molecular complexity index is 809. The van der Waals surface area contributed by atoms with Crippen LogP contribution in [0, 0.1) is 5.92 Å². The molecule has 0 aromatic heterocycles. The molecule has 1 fully saturated rings. The summed E-state index contributed by atoms with van der Waals surface area (Å²) < 4.78 is 11.1. The summed E-state index contributed by atoms with van der Waals surface area (Å²) in [5.41, 5.74) is 1.79. The first-order valence-electron chi connectivity index (χ1n) is 9.50. The predicted molar refractivity (Wildman–Crippen MR) is 101 cm³/mol. The highest BCUT2D eigenvalue weighted by atomic mass is 16.5. The lowest BCUT2D eigenvalue weighted by atomic mass is 9.86. The number of rotatable bonds is 3. The minimum Gasteiger partial charge on any atom is -0.466 e. The van der Waals surface area contributed by atoms with Crippen LogP contribution in [0.2, 0.25) is 0 Å². The normalized spacial score (nSPS) is 16.9. The van der Waals surface area contributed by atoms with E-state index in [4.69, 9.17) is 9.47 Å². The molecule has 2 aromatic rings. The fourth-order valence-corrected chi connectivity index (χ4v) is 3.95. The molecular weight excluding hydrogens is 342 g/mol. The van der Waals surface area contributed by atoms with Gasteiger partial charge in [0.25, 0.3) is 0 Å². The zero-order valence-corrected chi connectivity index (χ0v) is 15.4. The standard InChI is InChI=1S/C22H23NO4/c1-2-26-22(25)15-11-13-23(14-12-15)21(24)20-16-7-3-5-9-18(16)27-19-10-6-4-8-17(19)20/h3-10,15,20H,2,11-14H2,1H3. The number of hydrogen-bond donors (Lipinski definition) is 0. The number of ether oxygens (including phenoxy) is 2. The number of esters is 1. The maximum absolute atomic E-state index is 13.4. The highest BCUT2D eigenvalue weighted by Crippen LogP contribution is 2.44. The molecule has 0 radical (unpaired) electrons. The highest BCUT2D eigenvalue weighted by Gasteiger charge is 2.37. The Morgan fingerprint density at radius 2 is 1.56 bits per heavy atom. The Kier molecular flexibility index (Phi) is 4.84. The van der Waals surface area contributed by atoms with Gasteiger partial charge in [0, 0.05) is 24.2 Å². The molecular formula is C22H23NO4. The molecule has 0 aliphatic carbocycles. The third-order valence-electron chi connectivity index (χ3n) is 5.35. The number of likely N-dealkylation sites (tertiary alicyclic amines) is 1. The Balaban J connectivity index is 1.57. The lowest BCUT2D eigenvalue weighted by Crippen LogP contribution is -2.43. The van der Waals surface area contributed by atoms with Gasteiger partial charge >= 0.3 is 5.97 Å². The van der Waals surface area contributed by atoms with Crippen molar-refractivity contribution in [3.63, 3.8) is 0 Å². The minimum atomic E-state index is -0.370. The lowest BCUT2D eigenvalue weighted by molar-refractivity contribution is -0.151. The number of benzene rings is 2. The molecule has 27 heavy (non-hydrogen) atoms. The van der Waals surface area contributed by atoms with E-state index in [0.29, 0.717) is 32.5 Å². The monoisotopic (exact) mass is 365 g/mol. The Morgan fingerprint density at radius 1 is 1.00 bits per heavy atom. The molecule has 0 spiro atoms. The van der Waals surface area contributed by atoms with Crippen LogP contribution in [0.15, 0.2) is 48.5 Å². The van der Waals surface area contributed by atoms with Gasteiger partial charge in [-0.15, -0.1) is 0 Å². The van der Waals surface area contributed by atoms with E-state index in [1.165, 1.54) is 0 Å².